The second-order valence-electron chi connectivity index (χ2n) is 3.40. The van der Waals surface area contributed by atoms with Crippen LogP contribution in [-0.2, 0) is 4.74 Å². The largest absolute Gasteiger partial charge is 0.489 e. The van der Waals surface area contributed by atoms with Crippen LogP contribution in [0.5, 0.6) is 5.75 Å². The molecule has 0 aliphatic heterocycles. The standard InChI is InChI=1S/C12H15BrO4/c1-2-16-7-10(15)8-17-12-9(6-14)4-3-5-11(12)13/h3-6,10,15H,2,7-8H2,1H3. The highest BCUT2D eigenvalue weighted by Gasteiger charge is 2.10. The molecule has 0 fully saturated rings. The van der Waals surface area contributed by atoms with Gasteiger partial charge in [-0.2, -0.15) is 0 Å². The SMILES string of the molecule is CCOCC(O)COc1c(Br)cccc1C=O. The molecule has 1 atom stereocenters. The molecule has 0 saturated heterocycles. The summed E-state index contributed by atoms with van der Waals surface area (Å²) in [4.78, 5) is 10.8. The highest BCUT2D eigenvalue weighted by Crippen LogP contribution is 2.27. The van der Waals surface area contributed by atoms with Gasteiger partial charge in [-0.25, -0.2) is 0 Å². The predicted octanol–water partition coefficient (Wildman–Crippen LogP) is 2.04. The van der Waals surface area contributed by atoms with Gasteiger partial charge in [-0.15, -0.1) is 0 Å². The topological polar surface area (TPSA) is 55.8 Å². The average molecular weight is 303 g/mol. The Kier molecular flexibility index (Phi) is 6.18. The number of carbonyl (C=O) groups is 1. The van der Waals surface area contributed by atoms with Crippen LogP contribution in [0.3, 0.4) is 0 Å². The molecule has 4 nitrogen and oxygen atoms in total. The maximum Gasteiger partial charge on any atom is 0.153 e. The quantitative estimate of drug-likeness (QED) is 0.783. The Bertz CT molecular complexity index is 368. The molecule has 5 heteroatoms. The lowest BCUT2D eigenvalue weighted by molar-refractivity contribution is 0.0162. The number of hydrogen-bond acceptors (Lipinski definition) is 4. The summed E-state index contributed by atoms with van der Waals surface area (Å²) in [6, 6.07) is 5.18. The average Bonchev–Trinajstić information content (AvgIpc) is 2.34. The minimum Gasteiger partial charge on any atom is -0.489 e. The fourth-order valence-corrected chi connectivity index (χ4v) is 1.75. The lowest BCUT2D eigenvalue weighted by Gasteiger charge is -2.14. The van der Waals surface area contributed by atoms with Crippen molar-refractivity contribution >= 4 is 22.2 Å². The van der Waals surface area contributed by atoms with Crippen molar-refractivity contribution in [1.29, 1.82) is 0 Å². The third-order valence-electron chi connectivity index (χ3n) is 2.06. The minimum absolute atomic E-state index is 0.0868. The van der Waals surface area contributed by atoms with Crippen LogP contribution in [-0.4, -0.2) is 37.3 Å². The highest BCUT2D eigenvalue weighted by molar-refractivity contribution is 9.10. The summed E-state index contributed by atoms with van der Waals surface area (Å²) in [6.07, 6.45) is 0.0104. The van der Waals surface area contributed by atoms with Crippen molar-refractivity contribution in [3.05, 3.63) is 28.2 Å². The number of aldehydes is 1. The van der Waals surface area contributed by atoms with Crippen LogP contribution in [0.15, 0.2) is 22.7 Å². The van der Waals surface area contributed by atoms with Gasteiger partial charge in [0, 0.05) is 6.61 Å². The molecule has 0 bridgehead atoms. The van der Waals surface area contributed by atoms with Crippen LogP contribution in [0, 0.1) is 0 Å². The lowest BCUT2D eigenvalue weighted by atomic mass is 10.2. The number of aliphatic hydroxyl groups is 1. The second kappa shape index (κ2) is 7.42. The van der Waals surface area contributed by atoms with Crippen molar-refractivity contribution in [2.75, 3.05) is 19.8 Å². The Balaban J connectivity index is 2.59. The van der Waals surface area contributed by atoms with Crippen molar-refractivity contribution in [2.24, 2.45) is 0 Å². The van der Waals surface area contributed by atoms with Crippen LogP contribution in [0.4, 0.5) is 0 Å². The van der Waals surface area contributed by atoms with Gasteiger partial charge in [0.2, 0.25) is 0 Å². The molecule has 0 spiro atoms. The van der Waals surface area contributed by atoms with Crippen molar-refractivity contribution in [3.63, 3.8) is 0 Å². The van der Waals surface area contributed by atoms with Gasteiger partial charge >= 0.3 is 0 Å². The number of para-hydroxylation sites is 1. The molecule has 0 heterocycles. The van der Waals surface area contributed by atoms with Crippen LogP contribution in [0.2, 0.25) is 0 Å². The molecule has 0 radical (unpaired) electrons. The van der Waals surface area contributed by atoms with Gasteiger partial charge in [0.1, 0.15) is 18.5 Å². The molecule has 1 N–H and O–H groups in total. The lowest BCUT2D eigenvalue weighted by Crippen LogP contribution is -2.23. The fraction of sp³-hybridized carbons (Fsp3) is 0.417. The summed E-state index contributed by atoms with van der Waals surface area (Å²) in [5, 5.41) is 9.54. The van der Waals surface area contributed by atoms with Gasteiger partial charge in [0.25, 0.3) is 0 Å². The van der Waals surface area contributed by atoms with E-state index in [-0.39, 0.29) is 13.2 Å². The molecule has 1 aromatic rings. The molecule has 17 heavy (non-hydrogen) atoms. The maximum absolute atomic E-state index is 10.8. The number of ether oxygens (including phenoxy) is 2. The Morgan fingerprint density at radius 2 is 2.24 bits per heavy atom. The van der Waals surface area contributed by atoms with E-state index in [2.05, 4.69) is 15.9 Å². The number of benzene rings is 1. The summed E-state index contributed by atoms with van der Waals surface area (Å²) >= 11 is 3.29. The van der Waals surface area contributed by atoms with Gasteiger partial charge in [-0.1, -0.05) is 6.07 Å². The number of hydrogen-bond donors (Lipinski definition) is 1. The summed E-state index contributed by atoms with van der Waals surface area (Å²) in [7, 11) is 0. The van der Waals surface area contributed by atoms with Gasteiger partial charge in [-0.05, 0) is 35.0 Å². The molecule has 1 rings (SSSR count). The molecule has 0 aliphatic rings. The van der Waals surface area contributed by atoms with E-state index in [0.29, 0.717) is 22.4 Å². The Hall–Kier alpha value is -0.910. The zero-order chi connectivity index (χ0) is 12.7. The highest BCUT2D eigenvalue weighted by atomic mass is 79.9. The number of carbonyl (C=O) groups excluding carboxylic acids is 1. The fourth-order valence-electron chi connectivity index (χ4n) is 1.25. The first kappa shape index (κ1) is 14.2. The van der Waals surface area contributed by atoms with Crippen molar-refractivity contribution in [2.45, 2.75) is 13.0 Å². The number of halogens is 1. The number of rotatable bonds is 7. The van der Waals surface area contributed by atoms with E-state index in [1.54, 1.807) is 18.2 Å². The van der Waals surface area contributed by atoms with E-state index in [9.17, 15) is 9.90 Å². The maximum atomic E-state index is 10.8. The van der Waals surface area contributed by atoms with E-state index in [1.807, 2.05) is 6.92 Å². The first-order chi connectivity index (χ1) is 8.19. The van der Waals surface area contributed by atoms with E-state index < -0.39 is 6.10 Å². The zero-order valence-corrected chi connectivity index (χ0v) is 11.1. The normalized spacial score (nSPS) is 12.2. The second-order valence-corrected chi connectivity index (χ2v) is 4.25. The van der Waals surface area contributed by atoms with E-state index in [0.717, 1.165) is 6.29 Å². The molecule has 94 valence electrons. The summed E-state index contributed by atoms with van der Waals surface area (Å²) in [6.45, 7) is 2.71. The van der Waals surface area contributed by atoms with Gasteiger partial charge in [0.15, 0.2) is 6.29 Å². The molecule has 1 unspecified atom stereocenters. The Morgan fingerprint density at radius 1 is 1.47 bits per heavy atom. The molecule has 0 saturated carbocycles. The molecular formula is C12H15BrO4. The summed E-state index contributed by atoms with van der Waals surface area (Å²) < 4.78 is 11.2. The molecule has 0 aliphatic carbocycles. The van der Waals surface area contributed by atoms with Crippen LogP contribution >= 0.6 is 15.9 Å². The first-order valence-corrected chi connectivity index (χ1v) is 6.10. The predicted molar refractivity (Wildman–Crippen MR) is 67.5 cm³/mol. The Labute approximate surface area is 109 Å². The van der Waals surface area contributed by atoms with Crippen LogP contribution in [0.1, 0.15) is 17.3 Å². The van der Waals surface area contributed by atoms with Crippen molar-refractivity contribution in [3.8, 4) is 5.75 Å². The Morgan fingerprint density at radius 3 is 2.88 bits per heavy atom. The van der Waals surface area contributed by atoms with Crippen molar-refractivity contribution < 1.29 is 19.4 Å². The summed E-state index contributed by atoms with van der Waals surface area (Å²) in [5.74, 6) is 0.443. The molecule has 1 aromatic carbocycles. The van der Waals surface area contributed by atoms with Gasteiger partial charge in [-0.3, -0.25) is 4.79 Å². The van der Waals surface area contributed by atoms with Gasteiger partial charge in [0.05, 0.1) is 16.6 Å². The van der Waals surface area contributed by atoms with Crippen LogP contribution < -0.4 is 4.74 Å². The van der Waals surface area contributed by atoms with Crippen LogP contribution in [0.25, 0.3) is 0 Å². The molecular weight excluding hydrogens is 288 g/mol. The monoisotopic (exact) mass is 302 g/mol. The first-order valence-electron chi connectivity index (χ1n) is 5.31. The smallest absolute Gasteiger partial charge is 0.153 e. The van der Waals surface area contributed by atoms with E-state index >= 15 is 0 Å². The third kappa shape index (κ3) is 4.46. The van der Waals surface area contributed by atoms with E-state index in [1.165, 1.54) is 0 Å². The molecule has 0 aromatic heterocycles. The van der Waals surface area contributed by atoms with Crippen molar-refractivity contribution in [1.82, 2.24) is 0 Å². The van der Waals surface area contributed by atoms with Gasteiger partial charge < -0.3 is 14.6 Å². The number of aliphatic hydroxyl groups excluding tert-OH is 1. The molecule has 0 amide bonds. The third-order valence-corrected chi connectivity index (χ3v) is 2.68. The summed E-state index contributed by atoms with van der Waals surface area (Å²) in [5.41, 5.74) is 0.447. The van der Waals surface area contributed by atoms with E-state index in [4.69, 9.17) is 9.47 Å². The minimum atomic E-state index is -0.707. The zero-order valence-electron chi connectivity index (χ0n) is 9.56.